The number of nitrogens with zero attached hydrogens (tertiary/aromatic N) is 2. The van der Waals surface area contributed by atoms with Crippen LogP contribution in [0.2, 0.25) is 0 Å². The average molecular weight is 363 g/mol. The molecule has 7 heteroatoms. The van der Waals surface area contributed by atoms with E-state index in [0.717, 1.165) is 21.4 Å². The monoisotopic (exact) mass is 363 g/mol. The standard InChI is InChI=1S/C18H25N3O3S/c1-12-7-6-8-13-15(12)20(9-10-25-5)17(24)21(13)16(23)19-14(11-22)18(2,3)4/h6-8,11,14H,9-10H2,1-5H3,(H,19,23)/t14-/m1/s1. The largest absolute Gasteiger partial charge is 0.337 e. The van der Waals surface area contributed by atoms with E-state index in [1.165, 1.54) is 0 Å². The highest BCUT2D eigenvalue weighted by molar-refractivity contribution is 7.98. The summed E-state index contributed by atoms with van der Waals surface area (Å²) in [6.45, 7) is 8.03. The highest BCUT2D eigenvalue weighted by Crippen LogP contribution is 2.20. The van der Waals surface area contributed by atoms with Crippen molar-refractivity contribution in [3.63, 3.8) is 0 Å². The molecule has 136 valence electrons. The van der Waals surface area contributed by atoms with Gasteiger partial charge >= 0.3 is 11.7 Å². The number of aryl methyl sites for hydroxylation is 2. The molecule has 0 bridgehead atoms. The van der Waals surface area contributed by atoms with Gasteiger partial charge in [-0.25, -0.2) is 14.2 Å². The van der Waals surface area contributed by atoms with Crippen molar-refractivity contribution in [2.45, 2.75) is 40.3 Å². The van der Waals surface area contributed by atoms with Crippen LogP contribution in [0, 0.1) is 12.3 Å². The Morgan fingerprint density at radius 2 is 2.04 bits per heavy atom. The number of aldehydes is 1. The van der Waals surface area contributed by atoms with Crippen LogP contribution in [-0.4, -0.2) is 39.5 Å². The number of amides is 1. The summed E-state index contributed by atoms with van der Waals surface area (Å²) in [5, 5.41) is 2.68. The third-order valence-electron chi connectivity index (χ3n) is 4.22. The molecule has 25 heavy (non-hydrogen) atoms. The van der Waals surface area contributed by atoms with Crippen molar-refractivity contribution in [3.05, 3.63) is 34.2 Å². The molecular formula is C18H25N3O3S. The van der Waals surface area contributed by atoms with Crippen LogP contribution in [0.3, 0.4) is 0 Å². The number of hydrogen-bond donors (Lipinski definition) is 1. The van der Waals surface area contributed by atoms with Gasteiger partial charge in [0.05, 0.1) is 17.1 Å². The van der Waals surface area contributed by atoms with Gasteiger partial charge in [0.15, 0.2) is 0 Å². The van der Waals surface area contributed by atoms with Crippen LogP contribution in [0.5, 0.6) is 0 Å². The van der Waals surface area contributed by atoms with E-state index in [4.69, 9.17) is 0 Å². The molecule has 0 fully saturated rings. The van der Waals surface area contributed by atoms with Gasteiger partial charge in [-0.3, -0.25) is 4.57 Å². The van der Waals surface area contributed by atoms with Gasteiger partial charge in [-0.05, 0) is 30.2 Å². The zero-order chi connectivity index (χ0) is 18.8. The van der Waals surface area contributed by atoms with E-state index >= 15 is 0 Å². The van der Waals surface area contributed by atoms with E-state index in [0.29, 0.717) is 18.3 Å². The zero-order valence-corrected chi connectivity index (χ0v) is 16.1. The topological polar surface area (TPSA) is 73.1 Å². The first kappa shape index (κ1) is 19.3. The molecule has 2 rings (SSSR count). The Morgan fingerprint density at radius 3 is 2.60 bits per heavy atom. The number of imidazole rings is 1. The first-order valence-corrected chi connectivity index (χ1v) is 9.57. The molecule has 1 atom stereocenters. The van der Waals surface area contributed by atoms with E-state index in [2.05, 4.69) is 5.32 Å². The highest BCUT2D eigenvalue weighted by atomic mass is 32.2. The zero-order valence-electron chi connectivity index (χ0n) is 15.3. The van der Waals surface area contributed by atoms with E-state index in [1.54, 1.807) is 22.4 Å². The van der Waals surface area contributed by atoms with Crippen molar-refractivity contribution in [2.75, 3.05) is 12.0 Å². The van der Waals surface area contributed by atoms with E-state index in [9.17, 15) is 14.4 Å². The van der Waals surface area contributed by atoms with Crippen molar-refractivity contribution in [1.29, 1.82) is 0 Å². The molecule has 0 saturated carbocycles. The number of aromatic nitrogens is 2. The van der Waals surface area contributed by atoms with Crippen LogP contribution in [0.25, 0.3) is 11.0 Å². The van der Waals surface area contributed by atoms with Crippen LogP contribution in [0.1, 0.15) is 26.3 Å². The van der Waals surface area contributed by atoms with Gasteiger partial charge in [-0.1, -0.05) is 32.9 Å². The Balaban J connectivity index is 2.56. The Kier molecular flexibility index (Phi) is 5.77. The number of benzene rings is 1. The molecule has 0 saturated heterocycles. The predicted octanol–water partition coefficient (Wildman–Crippen LogP) is 2.65. The Labute approximate surface area is 151 Å². The maximum absolute atomic E-state index is 12.9. The molecule has 0 aliphatic heterocycles. The number of rotatable bonds is 5. The maximum Gasteiger partial charge on any atom is 0.337 e. The van der Waals surface area contributed by atoms with Crippen LogP contribution in [0.4, 0.5) is 4.79 Å². The fourth-order valence-electron chi connectivity index (χ4n) is 2.73. The number of fused-ring (bicyclic) bond motifs is 1. The number of para-hydroxylation sites is 1. The van der Waals surface area contributed by atoms with Crippen LogP contribution in [-0.2, 0) is 11.3 Å². The number of carbonyl (C=O) groups is 2. The van der Waals surface area contributed by atoms with E-state index in [-0.39, 0.29) is 5.69 Å². The van der Waals surface area contributed by atoms with Gasteiger partial charge in [0.2, 0.25) is 0 Å². The summed E-state index contributed by atoms with van der Waals surface area (Å²) < 4.78 is 2.76. The summed E-state index contributed by atoms with van der Waals surface area (Å²) in [7, 11) is 0. The van der Waals surface area contributed by atoms with Crippen LogP contribution < -0.4 is 11.0 Å². The number of thioether (sulfide) groups is 1. The smallest absolute Gasteiger partial charge is 0.327 e. The van der Waals surface area contributed by atoms with Crippen LogP contribution >= 0.6 is 11.8 Å². The number of carbonyl (C=O) groups excluding carboxylic acids is 2. The second kappa shape index (κ2) is 7.47. The van der Waals surface area contributed by atoms with Crippen molar-refractivity contribution in [1.82, 2.24) is 14.5 Å². The molecule has 1 amide bonds. The van der Waals surface area contributed by atoms with E-state index in [1.807, 2.05) is 46.1 Å². The second-order valence-corrected chi connectivity index (χ2v) is 8.12. The Hall–Kier alpha value is -2.02. The van der Waals surface area contributed by atoms with Gasteiger partial charge in [0, 0.05) is 12.3 Å². The first-order valence-electron chi connectivity index (χ1n) is 8.18. The van der Waals surface area contributed by atoms with Crippen molar-refractivity contribution in [2.24, 2.45) is 5.41 Å². The maximum atomic E-state index is 12.9. The van der Waals surface area contributed by atoms with Crippen molar-refractivity contribution >= 4 is 35.1 Å². The second-order valence-electron chi connectivity index (χ2n) is 7.13. The van der Waals surface area contributed by atoms with Crippen molar-refractivity contribution in [3.8, 4) is 0 Å². The van der Waals surface area contributed by atoms with Gasteiger partial charge in [0.25, 0.3) is 0 Å². The molecule has 1 aromatic heterocycles. The normalized spacial score (nSPS) is 13.0. The minimum absolute atomic E-state index is 0.380. The molecule has 6 nitrogen and oxygen atoms in total. The average Bonchev–Trinajstić information content (AvgIpc) is 2.82. The Bertz CT molecular complexity index is 846. The van der Waals surface area contributed by atoms with Crippen LogP contribution in [0.15, 0.2) is 23.0 Å². The summed E-state index contributed by atoms with van der Waals surface area (Å²) in [6.07, 6.45) is 2.68. The molecule has 0 radical (unpaired) electrons. The predicted molar refractivity (Wildman–Crippen MR) is 103 cm³/mol. The summed E-state index contributed by atoms with van der Waals surface area (Å²) in [5.41, 5.74) is 1.44. The lowest BCUT2D eigenvalue weighted by atomic mass is 9.88. The molecule has 0 aliphatic carbocycles. The SMILES string of the molecule is CSCCn1c(=O)n(C(=O)N[C@H](C=O)C(C)(C)C)c2cccc(C)c21. The van der Waals surface area contributed by atoms with Gasteiger partial charge in [-0.2, -0.15) is 11.8 Å². The molecule has 1 aromatic carbocycles. The van der Waals surface area contributed by atoms with Crippen molar-refractivity contribution < 1.29 is 9.59 Å². The molecule has 0 aliphatic rings. The van der Waals surface area contributed by atoms with E-state index < -0.39 is 17.5 Å². The number of nitrogens with one attached hydrogen (secondary N) is 1. The fraction of sp³-hybridized carbons (Fsp3) is 0.500. The molecular weight excluding hydrogens is 338 g/mol. The molecule has 0 spiro atoms. The first-order chi connectivity index (χ1) is 11.7. The minimum atomic E-state index is -0.679. The summed E-state index contributed by atoms with van der Waals surface area (Å²) in [6, 6.07) is 4.24. The summed E-state index contributed by atoms with van der Waals surface area (Å²) in [5.74, 6) is 0.772. The lowest BCUT2D eigenvalue weighted by Gasteiger charge is -2.26. The van der Waals surface area contributed by atoms with Gasteiger partial charge in [-0.15, -0.1) is 0 Å². The lowest BCUT2D eigenvalue weighted by molar-refractivity contribution is -0.111. The third kappa shape index (κ3) is 3.81. The minimum Gasteiger partial charge on any atom is -0.327 e. The number of hydrogen-bond acceptors (Lipinski definition) is 4. The quantitative estimate of drug-likeness (QED) is 0.829. The Morgan fingerprint density at radius 1 is 1.36 bits per heavy atom. The lowest BCUT2D eigenvalue weighted by Crippen LogP contribution is -2.48. The fourth-order valence-corrected chi connectivity index (χ4v) is 3.10. The molecule has 2 aromatic rings. The summed E-state index contributed by atoms with van der Waals surface area (Å²) >= 11 is 1.64. The summed E-state index contributed by atoms with van der Waals surface area (Å²) in [4.78, 5) is 37.0. The third-order valence-corrected chi connectivity index (χ3v) is 4.81. The molecule has 1 heterocycles. The molecule has 0 unspecified atom stereocenters. The van der Waals surface area contributed by atoms with Gasteiger partial charge in [0.1, 0.15) is 6.29 Å². The highest BCUT2D eigenvalue weighted by Gasteiger charge is 2.28. The molecule has 1 N–H and O–H groups in total. The van der Waals surface area contributed by atoms with Gasteiger partial charge < -0.3 is 10.1 Å².